The van der Waals surface area contributed by atoms with Crippen LogP contribution < -0.4 is 3.87 Å². The summed E-state index contributed by atoms with van der Waals surface area (Å²) in [7, 11) is 0. The van der Waals surface area contributed by atoms with Gasteiger partial charge in [0, 0.05) is 0 Å². The van der Waals surface area contributed by atoms with Crippen LogP contribution in [0.3, 0.4) is 0 Å². The van der Waals surface area contributed by atoms with E-state index in [2.05, 4.69) is 70.2 Å². The quantitative estimate of drug-likeness (QED) is 0.563. The number of hydrogen-bond acceptors (Lipinski definition) is 0. The van der Waals surface area contributed by atoms with Gasteiger partial charge in [-0.15, -0.1) is 0 Å². The van der Waals surface area contributed by atoms with Gasteiger partial charge in [0.1, 0.15) is 0 Å². The van der Waals surface area contributed by atoms with Gasteiger partial charge in [-0.2, -0.15) is 0 Å². The van der Waals surface area contributed by atoms with Crippen LogP contribution in [0.1, 0.15) is 38.8 Å². The van der Waals surface area contributed by atoms with Gasteiger partial charge in [0.05, 0.1) is 0 Å². The zero-order valence-corrected chi connectivity index (χ0v) is 15.9. The first-order valence-corrected chi connectivity index (χ1v) is 9.99. The van der Waals surface area contributed by atoms with Crippen LogP contribution >= 0.6 is 0 Å². The van der Waals surface area contributed by atoms with E-state index in [9.17, 15) is 0 Å². The predicted octanol–water partition coefficient (Wildman–Crippen LogP) is 5.23. The van der Waals surface area contributed by atoms with Crippen molar-refractivity contribution in [1.82, 2.24) is 0 Å². The molecule has 4 rings (SSSR count). The van der Waals surface area contributed by atoms with Crippen molar-refractivity contribution in [2.75, 3.05) is 0 Å². The van der Waals surface area contributed by atoms with E-state index >= 15 is 0 Å². The first-order chi connectivity index (χ1) is 11.1. The minimum atomic E-state index is -0.243. The fourth-order valence-electron chi connectivity index (χ4n) is 3.99. The van der Waals surface area contributed by atoms with Gasteiger partial charge in [-0.25, -0.2) is 0 Å². The Balaban J connectivity index is 1.74. The summed E-state index contributed by atoms with van der Waals surface area (Å²) >= 11 is -0.243. The SMILES string of the molecule is CC1=C(C)C(C)[C]([Ti][c]2cccc3c2Cc2ccccc2-3)=C1C. The van der Waals surface area contributed by atoms with Crippen LogP contribution in [0.4, 0.5) is 0 Å². The van der Waals surface area contributed by atoms with E-state index < -0.39 is 0 Å². The van der Waals surface area contributed by atoms with Crippen molar-refractivity contribution in [1.29, 1.82) is 0 Å². The summed E-state index contributed by atoms with van der Waals surface area (Å²) in [6, 6.07) is 15.9. The van der Waals surface area contributed by atoms with E-state index in [0.717, 1.165) is 6.42 Å². The Bertz CT molecular complexity index is 867. The Morgan fingerprint density at radius 2 is 1.61 bits per heavy atom. The van der Waals surface area contributed by atoms with Gasteiger partial charge in [0.25, 0.3) is 0 Å². The molecule has 1 heteroatoms. The fraction of sp³-hybridized carbons (Fsp3) is 0.273. The molecule has 2 aromatic carbocycles. The third-order valence-corrected chi connectivity index (χ3v) is 8.60. The molecule has 0 heterocycles. The molecule has 0 aliphatic heterocycles. The van der Waals surface area contributed by atoms with Crippen molar-refractivity contribution in [2.45, 2.75) is 34.1 Å². The van der Waals surface area contributed by atoms with E-state index in [-0.39, 0.29) is 19.2 Å². The molecule has 2 aliphatic carbocycles. The molecular weight excluding hydrogens is 312 g/mol. The summed E-state index contributed by atoms with van der Waals surface area (Å²) in [6.07, 6.45) is 1.12. The number of allylic oxidation sites excluding steroid dienone is 4. The maximum atomic E-state index is 2.39. The summed E-state index contributed by atoms with van der Waals surface area (Å²) in [5.41, 5.74) is 10.7. The van der Waals surface area contributed by atoms with Gasteiger partial charge in [-0.1, -0.05) is 0 Å². The van der Waals surface area contributed by atoms with Crippen molar-refractivity contribution in [3.8, 4) is 11.1 Å². The molecule has 0 saturated carbocycles. The summed E-state index contributed by atoms with van der Waals surface area (Å²) in [5.74, 6) is 0.648. The van der Waals surface area contributed by atoms with Crippen LogP contribution in [0.2, 0.25) is 0 Å². The fourth-order valence-corrected chi connectivity index (χ4v) is 6.56. The molecular formula is C22H22Ti. The average molecular weight is 334 g/mol. The van der Waals surface area contributed by atoms with E-state index in [4.69, 9.17) is 0 Å². The Morgan fingerprint density at radius 3 is 2.35 bits per heavy atom. The van der Waals surface area contributed by atoms with Crippen LogP contribution in [0, 0.1) is 5.92 Å². The van der Waals surface area contributed by atoms with E-state index in [0.29, 0.717) is 5.92 Å². The van der Waals surface area contributed by atoms with Crippen LogP contribution in [-0.4, -0.2) is 0 Å². The molecule has 0 bridgehead atoms. The van der Waals surface area contributed by atoms with Crippen molar-refractivity contribution in [2.24, 2.45) is 5.92 Å². The predicted molar refractivity (Wildman–Crippen MR) is 94.6 cm³/mol. The first kappa shape index (κ1) is 15.2. The third-order valence-electron chi connectivity index (χ3n) is 5.76. The van der Waals surface area contributed by atoms with Gasteiger partial charge in [-0.3, -0.25) is 0 Å². The van der Waals surface area contributed by atoms with E-state index in [1.165, 1.54) is 22.3 Å². The molecule has 1 unspecified atom stereocenters. The Labute approximate surface area is 148 Å². The second-order valence-electron chi connectivity index (χ2n) is 6.86. The molecule has 1 atom stereocenters. The maximum absolute atomic E-state index is 2.39. The minimum absolute atomic E-state index is 0.243. The molecule has 0 N–H and O–H groups in total. The van der Waals surface area contributed by atoms with Gasteiger partial charge >= 0.3 is 148 Å². The summed E-state index contributed by atoms with van der Waals surface area (Å²) < 4.78 is 3.38. The summed E-state index contributed by atoms with van der Waals surface area (Å²) in [6.45, 7) is 9.34. The molecule has 0 nitrogen and oxygen atoms in total. The van der Waals surface area contributed by atoms with Crippen molar-refractivity contribution in [3.05, 3.63) is 74.2 Å². The molecule has 2 aromatic rings. The van der Waals surface area contributed by atoms with Gasteiger partial charge < -0.3 is 0 Å². The van der Waals surface area contributed by atoms with Crippen molar-refractivity contribution in [3.63, 3.8) is 0 Å². The van der Waals surface area contributed by atoms with Gasteiger partial charge in [0.2, 0.25) is 0 Å². The molecule has 0 amide bonds. The molecule has 0 saturated heterocycles. The van der Waals surface area contributed by atoms with Crippen LogP contribution in [0.25, 0.3) is 11.1 Å². The molecule has 0 spiro atoms. The zero-order chi connectivity index (χ0) is 16.1. The van der Waals surface area contributed by atoms with E-state index in [1.807, 2.05) is 0 Å². The number of hydrogen-bond donors (Lipinski definition) is 0. The average Bonchev–Trinajstić information content (AvgIpc) is 3.03. The Kier molecular flexibility index (Phi) is 3.71. The summed E-state index contributed by atoms with van der Waals surface area (Å²) in [4.78, 5) is 0. The summed E-state index contributed by atoms with van der Waals surface area (Å²) in [5, 5.41) is 0. The van der Waals surface area contributed by atoms with Gasteiger partial charge in [0.15, 0.2) is 0 Å². The third kappa shape index (κ3) is 2.31. The first-order valence-electron chi connectivity index (χ1n) is 8.43. The molecule has 0 aromatic heterocycles. The number of rotatable bonds is 2. The monoisotopic (exact) mass is 334 g/mol. The number of fused-ring (bicyclic) bond motifs is 3. The molecule has 2 aliphatic rings. The van der Waals surface area contributed by atoms with Crippen molar-refractivity contribution < 1.29 is 19.2 Å². The van der Waals surface area contributed by atoms with Gasteiger partial charge in [-0.05, 0) is 0 Å². The van der Waals surface area contributed by atoms with E-state index in [1.54, 1.807) is 24.5 Å². The number of benzene rings is 2. The molecule has 0 fully saturated rings. The topological polar surface area (TPSA) is 0 Å². The second-order valence-corrected chi connectivity index (χ2v) is 8.93. The van der Waals surface area contributed by atoms with Crippen LogP contribution in [0.5, 0.6) is 0 Å². The Morgan fingerprint density at radius 1 is 0.870 bits per heavy atom. The standard InChI is InChI=1S/C13H9.C9H13.Ti/c1-3-7-12-10(5-1)9-11-6-2-4-8-13(11)12;1-6-5-7(2)9(4)8(6)3;/h1-5,7-8H,9H2;6H,1-4H3;. The molecule has 0 radical (unpaired) electrons. The normalized spacial score (nSPS) is 19.2. The molecule has 114 valence electrons. The Hall–Kier alpha value is -1.37. The van der Waals surface area contributed by atoms with Crippen LogP contribution in [-0.2, 0) is 25.6 Å². The van der Waals surface area contributed by atoms with Crippen LogP contribution in [0.15, 0.2) is 63.1 Å². The second kappa shape index (κ2) is 5.62. The molecule has 23 heavy (non-hydrogen) atoms. The van der Waals surface area contributed by atoms with Crippen molar-refractivity contribution >= 4 is 3.87 Å². The zero-order valence-electron chi connectivity index (χ0n) is 14.3.